The number of urea groups is 1. The number of hydrogen-bond acceptors (Lipinski definition) is 7. The van der Waals surface area contributed by atoms with Gasteiger partial charge in [0.1, 0.15) is 0 Å². The highest BCUT2D eigenvalue weighted by atomic mass is 31.2. The normalized spacial score (nSPS) is 11.4. The minimum Gasteiger partial charge on any atom is -0.308 e. The lowest BCUT2D eigenvalue weighted by Crippen LogP contribution is -2.19. The molecule has 0 aliphatic carbocycles. The Morgan fingerprint density at radius 1 is 1.00 bits per heavy atom. The number of rotatable bonds is 11. The Hall–Kier alpha value is -3.04. The number of hydrogen-bond donors (Lipinski definition) is 2. The fourth-order valence-corrected chi connectivity index (χ4v) is 4.10. The molecule has 0 spiro atoms. The van der Waals surface area contributed by atoms with E-state index in [-0.39, 0.29) is 25.9 Å². The lowest BCUT2D eigenvalue weighted by Gasteiger charge is -2.15. The number of aromatic nitrogens is 3. The minimum absolute atomic E-state index is 0.120. The van der Waals surface area contributed by atoms with E-state index in [1.807, 2.05) is 43.3 Å². The molecule has 0 saturated heterocycles. The molecular weight excluding hydrogens is 445 g/mol. The fraction of sp³-hybridized carbons (Fsp3) is 0.318. The molecule has 3 rings (SSSR count). The molecule has 0 saturated carbocycles. The number of nitrogens with one attached hydrogen (secondary N) is 2. The molecule has 33 heavy (non-hydrogen) atoms. The highest BCUT2D eigenvalue weighted by Gasteiger charge is 2.25. The summed E-state index contributed by atoms with van der Waals surface area (Å²) in [5.41, 5.74) is 3.81. The van der Waals surface area contributed by atoms with Crippen LogP contribution in [0.15, 0.2) is 54.7 Å². The van der Waals surface area contributed by atoms with E-state index in [9.17, 15) is 9.36 Å². The van der Waals surface area contributed by atoms with Crippen LogP contribution in [0.4, 0.5) is 16.2 Å². The predicted octanol–water partition coefficient (Wildman–Crippen LogP) is 4.96. The molecule has 2 aromatic carbocycles. The van der Waals surface area contributed by atoms with E-state index in [4.69, 9.17) is 13.6 Å². The van der Waals surface area contributed by atoms with Crippen LogP contribution in [0, 0.1) is 6.92 Å². The van der Waals surface area contributed by atoms with Crippen LogP contribution in [0.1, 0.15) is 25.1 Å². The number of carbonyl (C=O) groups excluding carboxylic acids is 1. The van der Waals surface area contributed by atoms with Crippen molar-refractivity contribution in [2.45, 2.75) is 27.2 Å². The summed E-state index contributed by atoms with van der Waals surface area (Å²) in [6.45, 7) is 5.95. The zero-order chi connectivity index (χ0) is 23.7. The molecule has 0 atom stereocenters. The van der Waals surface area contributed by atoms with Crippen LogP contribution in [0.2, 0.25) is 0 Å². The van der Waals surface area contributed by atoms with Gasteiger partial charge in [-0.2, -0.15) is 0 Å². The molecule has 1 aromatic heterocycles. The third-order valence-electron chi connectivity index (χ3n) is 4.51. The summed E-state index contributed by atoms with van der Waals surface area (Å²) in [6.07, 6.45) is 2.14. The largest absolute Gasteiger partial charge is 0.474 e. The van der Waals surface area contributed by atoms with Crippen molar-refractivity contribution in [3.05, 3.63) is 66.0 Å². The topological polar surface area (TPSA) is 117 Å². The van der Waals surface area contributed by atoms with Crippen molar-refractivity contribution in [2.24, 2.45) is 0 Å². The van der Waals surface area contributed by atoms with E-state index in [2.05, 4.69) is 20.9 Å². The first kappa shape index (κ1) is 24.6. The summed E-state index contributed by atoms with van der Waals surface area (Å²) in [7, 11) is -3.54. The molecule has 0 unspecified atom stereocenters. The maximum Gasteiger partial charge on any atom is 0.474 e. The van der Waals surface area contributed by atoms with Crippen molar-refractivity contribution >= 4 is 25.2 Å². The zero-order valence-corrected chi connectivity index (χ0v) is 19.7. The van der Waals surface area contributed by atoms with Gasteiger partial charge < -0.3 is 10.6 Å². The lowest BCUT2D eigenvalue weighted by atomic mass is 10.2. The van der Waals surface area contributed by atoms with Gasteiger partial charge in [-0.3, -0.25) is 13.6 Å². The number of phosphoric ester groups is 1. The van der Waals surface area contributed by atoms with Gasteiger partial charge in [0.15, 0.2) is 0 Å². The Morgan fingerprint density at radius 3 is 2.36 bits per heavy atom. The fourth-order valence-electron chi connectivity index (χ4n) is 2.92. The van der Waals surface area contributed by atoms with Crippen LogP contribution in [-0.2, 0) is 24.6 Å². The second-order valence-corrected chi connectivity index (χ2v) is 8.63. The highest BCUT2D eigenvalue weighted by Crippen LogP contribution is 2.49. The number of amides is 2. The molecule has 0 bridgehead atoms. The van der Waals surface area contributed by atoms with Gasteiger partial charge in [0, 0.05) is 17.8 Å². The highest BCUT2D eigenvalue weighted by molar-refractivity contribution is 7.48. The first-order valence-electron chi connectivity index (χ1n) is 10.6. The summed E-state index contributed by atoms with van der Waals surface area (Å²) in [5.74, 6) is 0. The number of nitrogens with zero attached hydrogens (tertiary/aromatic N) is 3. The molecule has 0 radical (unpaired) electrons. The van der Waals surface area contributed by atoms with Gasteiger partial charge >= 0.3 is 13.9 Å². The molecule has 2 N–H and O–H groups in total. The number of aryl methyl sites for hydroxylation is 1. The van der Waals surface area contributed by atoms with Crippen LogP contribution in [0.3, 0.4) is 0 Å². The van der Waals surface area contributed by atoms with Crippen LogP contribution in [0.5, 0.6) is 0 Å². The van der Waals surface area contributed by atoms with E-state index in [0.717, 1.165) is 16.9 Å². The quantitative estimate of drug-likeness (QED) is 0.378. The Labute approximate surface area is 192 Å². The van der Waals surface area contributed by atoms with Crippen LogP contribution < -0.4 is 10.6 Å². The molecule has 0 aliphatic heterocycles. The summed E-state index contributed by atoms with van der Waals surface area (Å²) >= 11 is 0. The van der Waals surface area contributed by atoms with Gasteiger partial charge in [0.05, 0.1) is 37.4 Å². The number of phosphoric acid groups is 1. The SMILES string of the molecule is CCOP(=O)(OCC)OCCc1cn(-c2ccc(NC(=O)Nc3ccccc3C)cc2)nn1. The second-order valence-electron chi connectivity index (χ2n) is 6.96. The van der Waals surface area contributed by atoms with Crippen molar-refractivity contribution in [3.8, 4) is 5.69 Å². The zero-order valence-electron chi connectivity index (χ0n) is 18.9. The molecule has 0 fully saturated rings. The standard InChI is InChI=1S/C22H28N5O5P/c1-4-30-33(29,31-5-2)32-15-14-19-16-27(26-25-19)20-12-10-18(11-13-20)23-22(28)24-21-9-7-6-8-17(21)3/h6-13,16H,4-5,14-15H2,1-3H3,(H2,23,24,28). The summed E-state index contributed by atoms with van der Waals surface area (Å²) < 4.78 is 29.4. The smallest absolute Gasteiger partial charge is 0.308 e. The predicted molar refractivity (Wildman–Crippen MR) is 126 cm³/mol. The molecule has 1 heterocycles. The molecule has 2 amide bonds. The van der Waals surface area contributed by atoms with Crippen molar-refractivity contribution in [1.82, 2.24) is 15.0 Å². The maximum atomic E-state index is 12.3. The Morgan fingerprint density at radius 2 is 1.70 bits per heavy atom. The number of carbonyl (C=O) groups is 1. The van der Waals surface area contributed by atoms with E-state index >= 15 is 0 Å². The third kappa shape index (κ3) is 7.23. The van der Waals surface area contributed by atoms with Crippen LogP contribution >= 0.6 is 7.82 Å². The average Bonchev–Trinajstić information content (AvgIpc) is 3.25. The molecule has 176 valence electrons. The van der Waals surface area contributed by atoms with Gasteiger partial charge in [-0.25, -0.2) is 14.0 Å². The summed E-state index contributed by atoms with van der Waals surface area (Å²) in [4.78, 5) is 12.2. The summed E-state index contributed by atoms with van der Waals surface area (Å²) in [6, 6.07) is 14.4. The van der Waals surface area contributed by atoms with Gasteiger partial charge in [-0.15, -0.1) is 5.10 Å². The minimum atomic E-state index is -3.54. The van der Waals surface area contributed by atoms with Crippen molar-refractivity contribution in [3.63, 3.8) is 0 Å². The number of para-hydroxylation sites is 1. The van der Waals surface area contributed by atoms with E-state index in [1.54, 1.807) is 36.9 Å². The second kappa shape index (κ2) is 11.7. The number of anilines is 2. The molecule has 10 nitrogen and oxygen atoms in total. The van der Waals surface area contributed by atoms with E-state index < -0.39 is 7.82 Å². The van der Waals surface area contributed by atoms with Crippen molar-refractivity contribution < 1.29 is 22.9 Å². The Balaban J connectivity index is 1.53. The Kier molecular flexibility index (Phi) is 8.73. The van der Waals surface area contributed by atoms with Crippen molar-refractivity contribution in [1.29, 1.82) is 0 Å². The number of benzene rings is 2. The van der Waals surface area contributed by atoms with Crippen LogP contribution in [-0.4, -0.2) is 40.8 Å². The molecule has 11 heteroatoms. The average molecular weight is 473 g/mol. The van der Waals surface area contributed by atoms with Gasteiger partial charge in [-0.05, 0) is 56.7 Å². The molecule has 0 aliphatic rings. The molecule has 3 aromatic rings. The molecular formula is C22H28N5O5P. The van der Waals surface area contributed by atoms with Crippen molar-refractivity contribution in [2.75, 3.05) is 30.5 Å². The first-order chi connectivity index (χ1) is 15.9. The lowest BCUT2D eigenvalue weighted by molar-refractivity contribution is 0.122. The maximum absolute atomic E-state index is 12.3. The van der Waals surface area contributed by atoms with Gasteiger partial charge in [0.2, 0.25) is 0 Å². The van der Waals surface area contributed by atoms with Crippen LogP contribution in [0.25, 0.3) is 5.69 Å². The third-order valence-corrected chi connectivity index (χ3v) is 6.15. The van der Waals surface area contributed by atoms with E-state index in [0.29, 0.717) is 17.8 Å². The first-order valence-corrected chi connectivity index (χ1v) is 12.1. The monoisotopic (exact) mass is 473 g/mol. The van der Waals surface area contributed by atoms with Gasteiger partial charge in [-0.1, -0.05) is 23.4 Å². The van der Waals surface area contributed by atoms with Gasteiger partial charge in [0.25, 0.3) is 0 Å². The van der Waals surface area contributed by atoms with E-state index in [1.165, 1.54) is 0 Å². The Bertz CT molecular complexity index is 1090. The summed E-state index contributed by atoms with van der Waals surface area (Å²) in [5, 5.41) is 13.9.